The number of aliphatic hydroxyl groups is 1. The molecule has 0 amide bonds. The molecule has 2 N–H and O–H groups in total. The van der Waals surface area contributed by atoms with Crippen molar-refractivity contribution in [3.63, 3.8) is 0 Å². The van der Waals surface area contributed by atoms with E-state index in [0.717, 1.165) is 18.5 Å². The predicted molar refractivity (Wildman–Crippen MR) is 64.8 cm³/mol. The third kappa shape index (κ3) is 2.52. The molecule has 1 fully saturated rings. The summed E-state index contributed by atoms with van der Waals surface area (Å²) in [6.07, 6.45) is 3.24. The molecule has 3 nitrogen and oxygen atoms in total. The van der Waals surface area contributed by atoms with Gasteiger partial charge in [0.05, 0.1) is 13.7 Å². The van der Waals surface area contributed by atoms with Crippen LogP contribution in [0, 0.1) is 11.2 Å². The summed E-state index contributed by atoms with van der Waals surface area (Å²) in [6.45, 7) is 0.883. The molecule has 0 atom stereocenters. The van der Waals surface area contributed by atoms with Crippen molar-refractivity contribution >= 4 is 5.69 Å². The van der Waals surface area contributed by atoms with Gasteiger partial charge in [0, 0.05) is 23.7 Å². The fourth-order valence-corrected chi connectivity index (χ4v) is 2.13. The fourth-order valence-electron chi connectivity index (χ4n) is 2.13. The van der Waals surface area contributed by atoms with E-state index in [1.54, 1.807) is 12.1 Å². The average molecular weight is 239 g/mol. The van der Waals surface area contributed by atoms with E-state index in [1.807, 2.05) is 0 Å². The number of aliphatic hydroxyl groups excluding tert-OH is 1. The Hall–Kier alpha value is -1.29. The van der Waals surface area contributed by atoms with Crippen molar-refractivity contribution in [3.8, 4) is 5.75 Å². The van der Waals surface area contributed by atoms with Crippen molar-refractivity contribution in [2.24, 2.45) is 5.41 Å². The van der Waals surface area contributed by atoms with E-state index >= 15 is 0 Å². The molecular weight excluding hydrogens is 221 g/mol. The Bertz CT molecular complexity index is 385. The largest absolute Gasteiger partial charge is 0.494 e. The number of rotatable bonds is 5. The van der Waals surface area contributed by atoms with Crippen LogP contribution in [0.15, 0.2) is 18.2 Å². The van der Waals surface area contributed by atoms with Crippen molar-refractivity contribution in [3.05, 3.63) is 24.0 Å². The number of hydrogen-bond donors (Lipinski definition) is 2. The number of methoxy groups -OCH3 is 1. The van der Waals surface area contributed by atoms with Crippen LogP contribution < -0.4 is 10.1 Å². The molecule has 1 aliphatic carbocycles. The van der Waals surface area contributed by atoms with Gasteiger partial charge in [-0.15, -0.1) is 0 Å². The maximum atomic E-state index is 13.4. The molecule has 0 spiro atoms. The Morgan fingerprint density at radius 3 is 2.71 bits per heavy atom. The first-order chi connectivity index (χ1) is 8.19. The van der Waals surface area contributed by atoms with Crippen molar-refractivity contribution in [2.45, 2.75) is 19.3 Å². The van der Waals surface area contributed by atoms with Crippen LogP contribution in [0.4, 0.5) is 10.1 Å². The monoisotopic (exact) mass is 239 g/mol. The zero-order valence-electron chi connectivity index (χ0n) is 10.0. The van der Waals surface area contributed by atoms with Crippen LogP contribution in [0.25, 0.3) is 0 Å². The molecule has 0 aromatic heterocycles. The normalized spacial score (nSPS) is 17.4. The van der Waals surface area contributed by atoms with Crippen molar-refractivity contribution in [1.82, 2.24) is 0 Å². The van der Waals surface area contributed by atoms with Gasteiger partial charge in [-0.2, -0.15) is 0 Å². The second-order valence-corrected chi connectivity index (χ2v) is 4.71. The zero-order chi connectivity index (χ0) is 12.3. The second-order valence-electron chi connectivity index (χ2n) is 4.71. The highest BCUT2D eigenvalue weighted by molar-refractivity contribution is 5.47. The van der Waals surface area contributed by atoms with Gasteiger partial charge in [0.25, 0.3) is 0 Å². The van der Waals surface area contributed by atoms with Gasteiger partial charge in [-0.3, -0.25) is 0 Å². The lowest BCUT2D eigenvalue weighted by Crippen LogP contribution is -2.39. The number of hydrogen-bond acceptors (Lipinski definition) is 3. The molecule has 1 saturated carbocycles. The Morgan fingerprint density at radius 1 is 1.47 bits per heavy atom. The Labute approximate surface area is 101 Å². The van der Waals surface area contributed by atoms with E-state index < -0.39 is 0 Å². The van der Waals surface area contributed by atoms with Crippen LogP contribution in [0.1, 0.15) is 19.3 Å². The lowest BCUT2D eigenvalue weighted by Gasteiger charge is -2.40. The van der Waals surface area contributed by atoms with E-state index in [4.69, 9.17) is 4.74 Å². The standard InChI is InChI=1S/C13H18FNO2/c1-17-12-4-3-10(7-11(12)14)15-8-13(9-16)5-2-6-13/h3-4,7,15-16H,2,5-6,8-9H2,1H3. The van der Waals surface area contributed by atoms with E-state index in [9.17, 15) is 9.50 Å². The summed E-state index contributed by atoms with van der Waals surface area (Å²) in [5, 5.41) is 12.5. The summed E-state index contributed by atoms with van der Waals surface area (Å²) >= 11 is 0. The summed E-state index contributed by atoms with van der Waals surface area (Å²) in [7, 11) is 1.45. The maximum absolute atomic E-state index is 13.4. The first kappa shape index (κ1) is 12.2. The van der Waals surface area contributed by atoms with E-state index in [2.05, 4.69) is 5.32 Å². The third-order valence-corrected chi connectivity index (χ3v) is 3.57. The summed E-state index contributed by atoms with van der Waals surface area (Å²) in [5.74, 6) is -0.125. The van der Waals surface area contributed by atoms with Gasteiger partial charge >= 0.3 is 0 Å². The number of ether oxygens (including phenoxy) is 1. The van der Waals surface area contributed by atoms with Crippen LogP contribution in [0.5, 0.6) is 5.75 Å². The van der Waals surface area contributed by atoms with Crippen LogP contribution in [-0.2, 0) is 0 Å². The lowest BCUT2D eigenvalue weighted by atomic mass is 9.69. The van der Waals surface area contributed by atoms with Gasteiger partial charge in [-0.1, -0.05) is 6.42 Å². The summed E-state index contributed by atoms with van der Waals surface area (Å²) in [4.78, 5) is 0. The lowest BCUT2D eigenvalue weighted by molar-refractivity contribution is 0.0576. The average Bonchev–Trinajstić information content (AvgIpc) is 2.28. The molecule has 0 aliphatic heterocycles. The summed E-state index contributed by atoms with van der Waals surface area (Å²) in [5.41, 5.74) is 0.721. The maximum Gasteiger partial charge on any atom is 0.167 e. The van der Waals surface area contributed by atoms with Gasteiger partial charge < -0.3 is 15.2 Å². The number of nitrogens with one attached hydrogen (secondary N) is 1. The topological polar surface area (TPSA) is 41.5 Å². The molecule has 1 aromatic carbocycles. The fraction of sp³-hybridized carbons (Fsp3) is 0.538. The van der Waals surface area contributed by atoms with Crippen molar-refractivity contribution in [1.29, 1.82) is 0 Å². The molecule has 94 valence electrons. The Kier molecular flexibility index (Phi) is 3.52. The zero-order valence-corrected chi connectivity index (χ0v) is 10.0. The molecule has 0 bridgehead atoms. The Balaban J connectivity index is 1.97. The van der Waals surface area contributed by atoms with Crippen LogP contribution in [0.2, 0.25) is 0 Å². The molecule has 1 aliphatic rings. The molecule has 0 unspecified atom stereocenters. The molecule has 1 aromatic rings. The number of halogens is 1. The van der Waals surface area contributed by atoms with Gasteiger partial charge in [0.15, 0.2) is 11.6 Å². The highest BCUT2D eigenvalue weighted by Gasteiger charge is 2.35. The second kappa shape index (κ2) is 4.92. The Morgan fingerprint density at radius 2 is 2.24 bits per heavy atom. The van der Waals surface area contributed by atoms with E-state index in [0.29, 0.717) is 6.54 Å². The minimum absolute atomic E-state index is 0.00357. The highest BCUT2D eigenvalue weighted by atomic mass is 19.1. The summed E-state index contributed by atoms with van der Waals surface area (Å²) < 4.78 is 18.3. The van der Waals surface area contributed by atoms with Gasteiger partial charge in [0.2, 0.25) is 0 Å². The van der Waals surface area contributed by atoms with Crippen LogP contribution in [0.3, 0.4) is 0 Å². The number of anilines is 1. The quantitative estimate of drug-likeness (QED) is 0.829. The van der Waals surface area contributed by atoms with Crippen LogP contribution >= 0.6 is 0 Å². The highest BCUT2D eigenvalue weighted by Crippen LogP contribution is 2.40. The molecule has 0 heterocycles. The van der Waals surface area contributed by atoms with Crippen molar-refractivity contribution in [2.75, 3.05) is 25.6 Å². The first-order valence-corrected chi connectivity index (χ1v) is 5.87. The predicted octanol–water partition coefficient (Wildman–Crippen LogP) is 2.41. The molecule has 4 heteroatoms. The number of benzene rings is 1. The molecule has 17 heavy (non-hydrogen) atoms. The third-order valence-electron chi connectivity index (χ3n) is 3.57. The molecular formula is C13H18FNO2. The summed E-state index contributed by atoms with van der Waals surface area (Å²) in [6, 6.07) is 4.80. The minimum Gasteiger partial charge on any atom is -0.494 e. The van der Waals surface area contributed by atoms with E-state index in [-0.39, 0.29) is 23.6 Å². The van der Waals surface area contributed by atoms with Gasteiger partial charge in [-0.25, -0.2) is 4.39 Å². The SMILES string of the molecule is COc1ccc(NCC2(CO)CCC2)cc1F. The molecule has 0 saturated heterocycles. The molecule has 0 radical (unpaired) electrons. The van der Waals surface area contributed by atoms with Crippen molar-refractivity contribution < 1.29 is 14.2 Å². The molecule has 2 rings (SSSR count). The van der Waals surface area contributed by atoms with E-state index in [1.165, 1.54) is 19.6 Å². The smallest absolute Gasteiger partial charge is 0.167 e. The van der Waals surface area contributed by atoms with Crippen LogP contribution in [-0.4, -0.2) is 25.4 Å². The van der Waals surface area contributed by atoms with Gasteiger partial charge in [0.1, 0.15) is 0 Å². The van der Waals surface area contributed by atoms with Gasteiger partial charge in [-0.05, 0) is 25.0 Å². The first-order valence-electron chi connectivity index (χ1n) is 5.87. The minimum atomic E-state index is -0.371.